The Bertz CT molecular complexity index is 227. The zero-order valence-electron chi connectivity index (χ0n) is 11.5. The highest BCUT2D eigenvalue weighted by Crippen LogP contribution is 2.24. The molecule has 0 unspecified atom stereocenters. The largest absolute Gasteiger partial charge is 0.355 e. The Morgan fingerprint density at radius 3 is 2.65 bits per heavy atom. The van der Waals surface area contributed by atoms with Crippen molar-refractivity contribution in [1.82, 2.24) is 15.5 Å². The van der Waals surface area contributed by atoms with Gasteiger partial charge in [0.2, 0.25) is 5.91 Å². The minimum Gasteiger partial charge on any atom is -0.355 e. The van der Waals surface area contributed by atoms with Gasteiger partial charge in [0, 0.05) is 31.6 Å². The van der Waals surface area contributed by atoms with Gasteiger partial charge in [-0.1, -0.05) is 13.8 Å². The van der Waals surface area contributed by atoms with Crippen LogP contribution in [-0.4, -0.2) is 49.6 Å². The molecule has 0 heterocycles. The normalized spacial score (nSPS) is 15.6. The summed E-state index contributed by atoms with van der Waals surface area (Å²) >= 11 is 0. The molecule has 2 N–H and O–H groups in total. The minimum atomic E-state index is 0.180. The minimum absolute atomic E-state index is 0.180. The lowest BCUT2D eigenvalue weighted by molar-refractivity contribution is -0.121. The molecule has 0 radical (unpaired) electrons. The number of hydrogen-bond acceptors (Lipinski definition) is 3. The number of hydrogen-bond donors (Lipinski definition) is 2. The summed E-state index contributed by atoms with van der Waals surface area (Å²) in [5, 5.41) is 6.29. The molecule has 0 aromatic carbocycles. The van der Waals surface area contributed by atoms with Gasteiger partial charge in [-0.15, -0.1) is 0 Å². The molecule has 1 aliphatic carbocycles. The van der Waals surface area contributed by atoms with Crippen molar-refractivity contribution in [3.63, 3.8) is 0 Å². The van der Waals surface area contributed by atoms with Crippen molar-refractivity contribution in [1.29, 1.82) is 0 Å². The Morgan fingerprint density at radius 2 is 2.06 bits per heavy atom. The van der Waals surface area contributed by atoms with E-state index in [1.807, 2.05) is 0 Å². The van der Waals surface area contributed by atoms with Gasteiger partial charge in [-0.3, -0.25) is 4.79 Å². The Morgan fingerprint density at radius 1 is 1.35 bits per heavy atom. The van der Waals surface area contributed by atoms with Gasteiger partial charge in [0.15, 0.2) is 0 Å². The summed E-state index contributed by atoms with van der Waals surface area (Å²) in [6.45, 7) is 6.92. The summed E-state index contributed by atoms with van der Waals surface area (Å²) in [4.78, 5) is 13.8. The lowest BCUT2D eigenvalue weighted by atomic mass is 10.2. The standard InChI is InChI=1S/C13H27N3O/c1-11(2)14-8-4-5-13(17)15-9-10-16(3)12-6-7-12/h11-12,14H,4-10H2,1-3H3,(H,15,17). The van der Waals surface area contributed by atoms with E-state index < -0.39 is 0 Å². The molecule has 0 saturated heterocycles. The van der Waals surface area contributed by atoms with Crippen LogP contribution in [0.4, 0.5) is 0 Å². The van der Waals surface area contributed by atoms with Crippen molar-refractivity contribution in [3.8, 4) is 0 Å². The Kier molecular flexibility index (Phi) is 6.52. The van der Waals surface area contributed by atoms with Crippen molar-refractivity contribution >= 4 is 5.91 Å². The first-order valence-electron chi connectivity index (χ1n) is 6.80. The van der Waals surface area contributed by atoms with Crippen LogP contribution in [0.1, 0.15) is 39.5 Å². The van der Waals surface area contributed by atoms with E-state index in [0.29, 0.717) is 12.5 Å². The average Bonchev–Trinajstić information content (AvgIpc) is 3.07. The van der Waals surface area contributed by atoms with Crippen molar-refractivity contribution < 1.29 is 4.79 Å². The predicted octanol–water partition coefficient (Wildman–Crippen LogP) is 0.975. The monoisotopic (exact) mass is 241 g/mol. The molecule has 100 valence electrons. The number of nitrogens with one attached hydrogen (secondary N) is 2. The van der Waals surface area contributed by atoms with Crippen molar-refractivity contribution in [2.45, 2.75) is 51.6 Å². The second-order valence-corrected chi connectivity index (χ2v) is 5.27. The number of nitrogens with zero attached hydrogens (tertiary/aromatic N) is 1. The van der Waals surface area contributed by atoms with Gasteiger partial charge in [-0.25, -0.2) is 0 Å². The van der Waals surface area contributed by atoms with Gasteiger partial charge < -0.3 is 15.5 Å². The fraction of sp³-hybridized carbons (Fsp3) is 0.923. The fourth-order valence-electron chi connectivity index (χ4n) is 1.80. The third-order valence-corrected chi connectivity index (χ3v) is 3.09. The van der Waals surface area contributed by atoms with Crippen LogP contribution in [0.3, 0.4) is 0 Å². The van der Waals surface area contributed by atoms with Gasteiger partial charge in [-0.2, -0.15) is 0 Å². The van der Waals surface area contributed by atoms with Gasteiger partial charge in [0.05, 0.1) is 0 Å². The molecule has 1 aliphatic rings. The van der Waals surface area contributed by atoms with Gasteiger partial charge in [-0.05, 0) is 32.9 Å². The molecule has 0 aliphatic heterocycles. The summed E-state index contributed by atoms with van der Waals surface area (Å²) in [5.74, 6) is 0.180. The van der Waals surface area contributed by atoms with E-state index in [1.165, 1.54) is 12.8 Å². The summed E-state index contributed by atoms with van der Waals surface area (Å²) in [7, 11) is 2.14. The van der Waals surface area contributed by atoms with Crippen LogP contribution in [0, 0.1) is 0 Å². The smallest absolute Gasteiger partial charge is 0.220 e. The van der Waals surface area contributed by atoms with Crippen LogP contribution < -0.4 is 10.6 Å². The quantitative estimate of drug-likeness (QED) is 0.591. The first kappa shape index (κ1) is 14.5. The summed E-state index contributed by atoms with van der Waals surface area (Å²) in [5.41, 5.74) is 0. The van der Waals surface area contributed by atoms with Crippen LogP contribution in [0.15, 0.2) is 0 Å². The van der Waals surface area contributed by atoms with E-state index in [-0.39, 0.29) is 5.91 Å². The molecule has 1 amide bonds. The van der Waals surface area contributed by atoms with E-state index >= 15 is 0 Å². The SMILES string of the molecule is CC(C)NCCCC(=O)NCCN(C)C1CC1. The van der Waals surface area contributed by atoms with E-state index in [9.17, 15) is 4.79 Å². The van der Waals surface area contributed by atoms with Gasteiger partial charge in [0.1, 0.15) is 0 Å². The predicted molar refractivity (Wildman–Crippen MR) is 71.0 cm³/mol. The van der Waals surface area contributed by atoms with Gasteiger partial charge in [0.25, 0.3) is 0 Å². The molecule has 0 spiro atoms. The maximum absolute atomic E-state index is 11.5. The molecule has 0 bridgehead atoms. The Balaban J connectivity index is 1.90. The van der Waals surface area contributed by atoms with Crippen molar-refractivity contribution in [2.75, 3.05) is 26.7 Å². The lowest BCUT2D eigenvalue weighted by Gasteiger charge is -2.15. The fourth-order valence-corrected chi connectivity index (χ4v) is 1.80. The molecule has 1 fully saturated rings. The first-order chi connectivity index (χ1) is 8.09. The first-order valence-corrected chi connectivity index (χ1v) is 6.80. The molecule has 4 nitrogen and oxygen atoms in total. The van der Waals surface area contributed by atoms with E-state index in [4.69, 9.17) is 0 Å². The molecule has 1 saturated carbocycles. The Hall–Kier alpha value is -0.610. The molecular formula is C13H27N3O. The zero-order valence-corrected chi connectivity index (χ0v) is 11.5. The highest BCUT2D eigenvalue weighted by Gasteiger charge is 2.25. The molecule has 0 aromatic heterocycles. The summed E-state index contributed by atoms with van der Waals surface area (Å²) in [6.07, 6.45) is 4.20. The molecule has 1 rings (SSSR count). The van der Waals surface area contributed by atoms with Crippen molar-refractivity contribution in [3.05, 3.63) is 0 Å². The molecule has 0 atom stereocenters. The third-order valence-electron chi connectivity index (χ3n) is 3.09. The van der Waals surface area contributed by atoms with Crippen LogP contribution in [0.5, 0.6) is 0 Å². The number of rotatable bonds is 9. The van der Waals surface area contributed by atoms with Crippen LogP contribution in [-0.2, 0) is 4.79 Å². The average molecular weight is 241 g/mol. The van der Waals surface area contributed by atoms with E-state index in [1.54, 1.807) is 0 Å². The second-order valence-electron chi connectivity index (χ2n) is 5.27. The van der Waals surface area contributed by atoms with Crippen LogP contribution >= 0.6 is 0 Å². The van der Waals surface area contributed by atoms with Crippen LogP contribution in [0.25, 0.3) is 0 Å². The number of likely N-dealkylation sites (N-methyl/N-ethyl adjacent to an activating group) is 1. The molecular weight excluding hydrogens is 214 g/mol. The highest BCUT2D eigenvalue weighted by atomic mass is 16.1. The number of carbonyl (C=O) groups excluding carboxylic acids is 1. The third kappa shape index (κ3) is 7.34. The lowest BCUT2D eigenvalue weighted by Crippen LogP contribution is -2.34. The van der Waals surface area contributed by atoms with Gasteiger partial charge >= 0.3 is 0 Å². The zero-order chi connectivity index (χ0) is 12.7. The molecule has 17 heavy (non-hydrogen) atoms. The Labute approximate surface area is 105 Å². The molecule has 0 aromatic rings. The number of carbonyl (C=O) groups is 1. The maximum Gasteiger partial charge on any atom is 0.220 e. The highest BCUT2D eigenvalue weighted by molar-refractivity contribution is 5.75. The summed E-state index contributed by atoms with van der Waals surface area (Å²) in [6, 6.07) is 1.28. The summed E-state index contributed by atoms with van der Waals surface area (Å²) < 4.78 is 0. The maximum atomic E-state index is 11.5. The number of amides is 1. The molecule has 4 heteroatoms. The topological polar surface area (TPSA) is 44.4 Å². The van der Waals surface area contributed by atoms with Crippen LogP contribution in [0.2, 0.25) is 0 Å². The van der Waals surface area contributed by atoms with E-state index in [0.717, 1.165) is 32.1 Å². The second kappa shape index (κ2) is 7.67. The van der Waals surface area contributed by atoms with Crippen molar-refractivity contribution in [2.24, 2.45) is 0 Å². The van der Waals surface area contributed by atoms with E-state index in [2.05, 4.69) is 36.4 Å².